The molecule has 0 aromatic carbocycles. The Morgan fingerprint density at radius 1 is 0.839 bits per heavy atom. The highest BCUT2D eigenvalue weighted by atomic mass is 16.4. The Morgan fingerprint density at radius 2 is 1.29 bits per heavy atom. The number of nitrogens with zero attached hydrogens (tertiary/aromatic N) is 1. The topological polar surface area (TPSA) is 292 Å². The number of nitrogens with two attached hydrogens (primary N) is 5. The van der Waals surface area contributed by atoms with Crippen LogP contribution >= 0.6 is 0 Å². The van der Waals surface area contributed by atoms with Gasteiger partial charge in [0, 0.05) is 13.0 Å². The first-order chi connectivity index (χ1) is 14.2. The average Bonchev–Trinajstić information content (AvgIpc) is 2.68. The maximum absolute atomic E-state index is 10.2. The zero-order valence-electron chi connectivity index (χ0n) is 17.8. The summed E-state index contributed by atoms with van der Waals surface area (Å²) in [6.45, 7) is 4.18. The van der Waals surface area contributed by atoms with Gasteiger partial charge in [-0.1, -0.05) is 20.3 Å². The monoisotopic (exact) mass is 452 g/mol. The molecule has 0 fully saturated rings. The van der Waals surface area contributed by atoms with Crippen LogP contribution in [0.5, 0.6) is 0 Å². The van der Waals surface area contributed by atoms with Crippen molar-refractivity contribution in [3.8, 4) is 0 Å². The Balaban J connectivity index is -0.000000384. The molecule has 31 heavy (non-hydrogen) atoms. The molecule has 0 aromatic rings. The summed E-state index contributed by atoms with van der Waals surface area (Å²) in [5.41, 5.74) is 25.6. The van der Waals surface area contributed by atoms with Crippen LogP contribution in [0, 0.1) is 5.92 Å². The Kier molecular flexibility index (Phi) is 20.1. The molecule has 14 N–H and O–H groups in total. The summed E-state index contributed by atoms with van der Waals surface area (Å²) in [6.07, 6.45) is 1.54. The third-order valence-corrected chi connectivity index (χ3v) is 3.81. The molecule has 0 bridgehead atoms. The first-order valence-corrected chi connectivity index (χ1v) is 9.39. The number of hydrogen-bond donors (Lipinski definition) is 9. The first-order valence-electron chi connectivity index (χ1n) is 9.39. The molecule has 0 spiro atoms. The van der Waals surface area contributed by atoms with Crippen LogP contribution < -0.4 is 28.7 Å². The lowest BCUT2D eigenvalue weighted by Gasteiger charge is -2.11. The van der Waals surface area contributed by atoms with E-state index >= 15 is 0 Å². The molecule has 0 rings (SSSR count). The normalized spacial score (nSPS) is 13.6. The average molecular weight is 453 g/mol. The number of carboxylic acids is 4. The van der Waals surface area contributed by atoms with Gasteiger partial charge in [-0.3, -0.25) is 24.2 Å². The van der Waals surface area contributed by atoms with Crippen molar-refractivity contribution < 1.29 is 39.6 Å². The summed E-state index contributed by atoms with van der Waals surface area (Å²) in [5.74, 6) is -4.02. The van der Waals surface area contributed by atoms with Crippen molar-refractivity contribution in [3.63, 3.8) is 0 Å². The maximum atomic E-state index is 10.2. The number of carboxylic acid groups (broad SMARTS) is 4. The second-order valence-electron chi connectivity index (χ2n) is 6.52. The minimum atomic E-state index is -1.17. The van der Waals surface area contributed by atoms with Crippen molar-refractivity contribution in [2.24, 2.45) is 39.6 Å². The van der Waals surface area contributed by atoms with Crippen LogP contribution in [-0.2, 0) is 19.2 Å². The molecule has 0 heterocycles. The Morgan fingerprint density at radius 3 is 1.58 bits per heavy atom. The van der Waals surface area contributed by atoms with E-state index in [-0.39, 0.29) is 24.7 Å². The lowest BCUT2D eigenvalue weighted by molar-refractivity contribution is -0.141. The Hall–Kier alpha value is -2.97. The summed E-state index contributed by atoms with van der Waals surface area (Å²) < 4.78 is 0. The quantitative estimate of drug-likeness (QED) is 0.0893. The molecular formula is C17H36N6O8. The van der Waals surface area contributed by atoms with Crippen molar-refractivity contribution in [3.05, 3.63) is 0 Å². The predicted molar refractivity (Wildman–Crippen MR) is 113 cm³/mol. The van der Waals surface area contributed by atoms with Crippen molar-refractivity contribution in [2.75, 3.05) is 6.54 Å². The van der Waals surface area contributed by atoms with Crippen LogP contribution in [0.25, 0.3) is 0 Å². The van der Waals surface area contributed by atoms with Gasteiger partial charge in [-0.05, 0) is 25.2 Å². The molecule has 0 saturated heterocycles. The third-order valence-electron chi connectivity index (χ3n) is 3.81. The van der Waals surface area contributed by atoms with Gasteiger partial charge in [0.1, 0.15) is 18.1 Å². The van der Waals surface area contributed by atoms with E-state index in [0.717, 1.165) is 6.42 Å². The zero-order valence-corrected chi connectivity index (χ0v) is 17.8. The molecule has 0 aliphatic rings. The largest absolute Gasteiger partial charge is 0.481 e. The van der Waals surface area contributed by atoms with Gasteiger partial charge in [-0.25, -0.2) is 0 Å². The molecule has 0 aliphatic carbocycles. The van der Waals surface area contributed by atoms with E-state index in [1.165, 1.54) is 0 Å². The fraction of sp³-hybridized carbons (Fsp3) is 0.706. The molecular weight excluding hydrogens is 416 g/mol. The van der Waals surface area contributed by atoms with Crippen LogP contribution in [0.2, 0.25) is 0 Å². The van der Waals surface area contributed by atoms with Gasteiger partial charge >= 0.3 is 23.9 Å². The van der Waals surface area contributed by atoms with Crippen molar-refractivity contribution >= 4 is 29.8 Å². The third kappa shape index (κ3) is 23.2. The summed E-state index contributed by atoms with van der Waals surface area (Å²) in [7, 11) is 0. The van der Waals surface area contributed by atoms with Gasteiger partial charge < -0.3 is 49.1 Å². The highest BCUT2D eigenvalue weighted by Gasteiger charge is 2.17. The maximum Gasteiger partial charge on any atom is 0.320 e. The second-order valence-corrected chi connectivity index (χ2v) is 6.52. The molecule has 182 valence electrons. The second kappa shape index (κ2) is 19.0. The van der Waals surface area contributed by atoms with Gasteiger partial charge in [0.05, 0.1) is 0 Å². The van der Waals surface area contributed by atoms with Crippen molar-refractivity contribution in [1.82, 2.24) is 0 Å². The number of rotatable bonds is 12. The number of hydrogen-bond acceptors (Lipinski definition) is 8. The molecule has 0 aliphatic heterocycles. The van der Waals surface area contributed by atoms with Gasteiger partial charge in [0.25, 0.3) is 0 Å². The fourth-order valence-corrected chi connectivity index (χ4v) is 1.54. The molecule has 0 saturated carbocycles. The number of aliphatic imine (C=N–C) groups is 1. The number of carbonyl (C=O) groups is 4. The van der Waals surface area contributed by atoms with E-state index in [0.29, 0.717) is 19.4 Å². The van der Waals surface area contributed by atoms with E-state index in [1.54, 1.807) is 0 Å². The zero-order chi connectivity index (χ0) is 25.1. The van der Waals surface area contributed by atoms with Crippen molar-refractivity contribution in [2.45, 2.75) is 64.1 Å². The van der Waals surface area contributed by atoms with Crippen LogP contribution in [-0.4, -0.2) is 74.9 Å². The van der Waals surface area contributed by atoms with Crippen LogP contribution in [0.15, 0.2) is 4.99 Å². The van der Waals surface area contributed by atoms with Gasteiger partial charge in [-0.2, -0.15) is 0 Å². The van der Waals surface area contributed by atoms with E-state index in [2.05, 4.69) is 4.99 Å². The minimum absolute atomic E-state index is 0.0129. The summed E-state index contributed by atoms with van der Waals surface area (Å²) >= 11 is 0. The van der Waals surface area contributed by atoms with Gasteiger partial charge in [-0.15, -0.1) is 0 Å². The smallest absolute Gasteiger partial charge is 0.320 e. The Labute approximate surface area is 180 Å². The summed E-state index contributed by atoms with van der Waals surface area (Å²) in [5, 5.41) is 33.0. The first kappa shape index (κ1) is 32.7. The summed E-state index contributed by atoms with van der Waals surface area (Å²) in [4.78, 5) is 43.9. The Bertz CT molecular complexity index is 583. The van der Waals surface area contributed by atoms with E-state index < -0.39 is 42.0 Å². The molecule has 0 aromatic heterocycles. The molecule has 14 nitrogen and oxygen atoms in total. The minimum Gasteiger partial charge on any atom is -0.481 e. The number of guanidine groups is 1. The van der Waals surface area contributed by atoms with E-state index in [1.807, 2.05) is 13.8 Å². The molecule has 0 radical (unpaired) electrons. The molecule has 4 atom stereocenters. The molecule has 0 unspecified atom stereocenters. The van der Waals surface area contributed by atoms with Crippen LogP contribution in [0.4, 0.5) is 0 Å². The summed E-state index contributed by atoms with van der Waals surface area (Å²) in [6, 6.07) is -2.58. The van der Waals surface area contributed by atoms with Crippen LogP contribution in [0.1, 0.15) is 46.0 Å². The number of aliphatic carboxylic acids is 4. The SMILES string of the molecule is CC[C@H](C)[C@H](N)C(=O)O.NC(N)=NCCC[C@H](N)C(=O)O.N[C@@H](CCC(=O)O)C(=O)O. The highest BCUT2D eigenvalue weighted by molar-refractivity contribution is 5.76. The highest BCUT2D eigenvalue weighted by Crippen LogP contribution is 2.04. The standard InChI is InChI=1S/C6H14N4O2.C6H13NO2.C5H9NO4/c7-4(5(11)12)2-1-3-10-6(8)9;1-3-4(2)5(7)6(8)9;6-3(5(9)10)1-2-4(7)8/h4H,1-3,7H2,(H,11,12)(H4,8,9,10);4-5H,3,7H2,1-2H3,(H,8,9);3H,1-2,6H2,(H,7,8)(H,9,10)/t4-;4-,5-;3-/m000/s1. The van der Waals surface area contributed by atoms with E-state index in [9.17, 15) is 19.2 Å². The fourth-order valence-electron chi connectivity index (χ4n) is 1.54. The van der Waals surface area contributed by atoms with Gasteiger partial charge in [0.2, 0.25) is 0 Å². The molecule has 0 amide bonds. The lowest BCUT2D eigenvalue weighted by Crippen LogP contribution is -2.36. The van der Waals surface area contributed by atoms with Gasteiger partial charge in [0.15, 0.2) is 5.96 Å². The van der Waals surface area contributed by atoms with E-state index in [4.69, 9.17) is 49.1 Å². The molecule has 14 heteroatoms. The predicted octanol–water partition coefficient (Wildman–Crippen LogP) is -1.84. The lowest BCUT2D eigenvalue weighted by atomic mass is 10.0. The van der Waals surface area contributed by atoms with Crippen molar-refractivity contribution in [1.29, 1.82) is 0 Å². The van der Waals surface area contributed by atoms with Crippen LogP contribution in [0.3, 0.4) is 0 Å².